The van der Waals surface area contributed by atoms with E-state index in [4.69, 9.17) is 0 Å². The molecule has 0 aromatic carbocycles. The van der Waals surface area contributed by atoms with Crippen molar-refractivity contribution in [3.63, 3.8) is 0 Å². The van der Waals surface area contributed by atoms with Gasteiger partial charge in [-0.15, -0.1) is 0 Å². The van der Waals surface area contributed by atoms with Crippen molar-refractivity contribution in [1.82, 2.24) is 9.97 Å². The summed E-state index contributed by atoms with van der Waals surface area (Å²) in [5, 5.41) is 4.05. The minimum atomic E-state index is 0.714. The van der Waals surface area contributed by atoms with Crippen molar-refractivity contribution in [2.45, 2.75) is 6.92 Å². The molecule has 0 saturated carbocycles. The molecule has 0 amide bonds. The second kappa shape index (κ2) is 5.02. The van der Waals surface area contributed by atoms with E-state index in [-0.39, 0.29) is 0 Å². The maximum Gasteiger partial charge on any atom is 0.146 e. The Bertz CT molecular complexity index is 479. The van der Waals surface area contributed by atoms with Gasteiger partial charge in [-0.3, -0.25) is 10.4 Å². The summed E-state index contributed by atoms with van der Waals surface area (Å²) in [5.74, 6) is 0.714. The van der Waals surface area contributed by atoms with Crippen molar-refractivity contribution in [1.29, 1.82) is 0 Å². The lowest BCUT2D eigenvalue weighted by Crippen LogP contribution is -1.94. The molecular formula is C12H12N4. The quantitative estimate of drug-likeness (QED) is 0.627. The lowest BCUT2D eigenvalue weighted by molar-refractivity contribution is 1.17. The maximum atomic E-state index is 4.29. The number of nitrogens with zero attached hydrogens (tertiary/aromatic N) is 3. The fraction of sp³-hybridized carbons (Fsp3) is 0.0833. The van der Waals surface area contributed by atoms with Crippen LogP contribution in [0, 0.1) is 6.92 Å². The molecule has 4 heteroatoms. The molecule has 2 aromatic heterocycles. The lowest BCUT2D eigenvalue weighted by atomic mass is 10.3. The van der Waals surface area contributed by atoms with Crippen LogP contribution in [0.5, 0.6) is 0 Å². The second-order valence-corrected chi connectivity index (χ2v) is 3.29. The van der Waals surface area contributed by atoms with Gasteiger partial charge in [0.2, 0.25) is 0 Å². The van der Waals surface area contributed by atoms with Crippen LogP contribution in [0.25, 0.3) is 0 Å². The number of hydrogen-bond acceptors (Lipinski definition) is 4. The molecule has 0 saturated heterocycles. The number of anilines is 1. The van der Waals surface area contributed by atoms with Gasteiger partial charge >= 0.3 is 0 Å². The average Bonchev–Trinajstić information content (AvgIpc) is 2.30. The summed E-state index contributed by atoms with van der Waals surface area (Å²) >= 11 is 0. The highest BCUT2D eigenvalue weighted by Gasteiger charge is 1.90. The van der Waals surface area contributed by atoms with E-state index >= 15 is 0 Å². The Hall–Kier alpha value is -2.23. The largest absolute Gasteiger partial charge is 0.261 e. The highest BCUT2D eigenvalue weighted by molar-refractivity contribution is 5.77. The molecule has 0 spiro atoms. The number of aromatic nitrogens is 2. The fourth-order valence-electron chi connectivity index (χ4n) is 1.23. The third kappa shape index (κ3) is 2.88. The molecule has 0 aliphatic rings. The zero-order chi connectivity index (χ0) is 11.2. The van der Waals surface area contributed by atoms with Gasteiger partial charge in [0.05, 0.1) is 11.9 Å². The first-order valence-electron chi connectivity index (χ1n) is 4.98. The van der Waals surface area contributed by atoms with E-state index in [2.05, 4.69) is 20.5 Å². The first-order chi connectivity index (χ1) is 7.84. The van der Waals surface area contributed by atoms with Crippen molar-refractivity contribution in [3.8, 4) is 0 Å². The maximum absolute atomic E-state index is 4.29. The normalized spacial score (nSPS) is 10.6. The number of hydrogen-bond donors (Lipinski definition) is 1. The molecule has 0 radical (unpaired) electrons. The summed E-state index contributed by atoms with van der Waals surface area (Å²) in [6.07, 6.45) is 3.38. The third-order valence-corrected chi connectivity index (χ3v) is 1.95. The number of nitrogens with one attached hydrogen (secondary N) is 1. The molecule has 0 fully saturated rings. The number of aryl methyl sites for hydroxylation is 1. The van der Waals surface area contributed by atoms with Crippen molar-refractivity contribution < 1.29 is 0 Å². The number of pyridine rings is 2. The van der Waals surface area contributed by atoms with E-state index in [0.717, 1.165) is 11.4 Å². The van der Waals surface area contributed by atoms with Crippen LogP contribution >= 0.6 is 0 Å². The highest BCUT2D eigenvalue weighted by Crippen LogP contribution is 1.99. The molecule has 80 valence electrons. The van der Waals surface area contributed by atoms with Crippen LogP contribution in [0.2, 0.25) is 0 Å². The summed E-state index contributed by atoms with van der Waals surface area (Å²) < 4.78 is 0. The minimum absolute atomic E-state index is 0.714. The van der Waals surface area contributed by atoms with Crippen LogP contribution < -0.4 is 5.43 Å². The molecule has 2 rings (SSSR count). The fourth-order valence-corrected chi connectivity index (χ4v) is 1.23. The number of rotatable bonds is 3. The van der Waals surface area contributed by atoms with Crippen LogP contribution in [0.3, 0.4) is 0 Å². The smallest absolute Gasteiger partial charge is 0.146 e. The molecule has 0 bridgehead atoms. The summed E-state index contributed by atoms with van der Waals surface area (Å²) in [7, 11) is 0. The zero-order valence-electron chi connectivity index (χ0n) is 8.96. The summed E-state index contributed by atoms with van der Waals surface area (Å²) in [5.41, 5.74) is 4.63. The van der Waals surface area contributed by atoms with Crippen LogP contribution in [0.1, 0.15) is 11.4 Å². The molecule has 4 nitrogen and oxygen atoms in total. The van der Waals surface area contributed by atoms with Crippen LogP contribution in [0.15, 0.2) is 47.7 Å². The Balaban J connectivity index is 2.00. The van der Waals surface area contributed by atoms with E-state index in [1.54, 1.807) is 12.4 Å². The molecule has 1 N–H and O–H groups in total. The van der Waals surface area contributed by atoms with E-state index in [9.17, 15) is 0 Å². The average molecular weight is 212 g/mol. The molecule has 0 aliphatic carbocycles. The Morgan fingerprint density at radius 2 is 2.12 bits per heavy atom. The highest BCUT2D eigenvalue weighted by atomic mass is 15.3. The van der Waals surface area contributed by atoms with Crippen LogP contribution in [0.4, 0.5) is 5.82 Å². The standard InChI is InChI=1S/C12H12N4/c1-10-5-4-6-11(15-10)9-14-16-12-7-2-3-8-13-12/h2-9H,1H3,(H,13,16). The monoisotopic (exact) mass is 212 g/mol. The van der Waals surface area contributed by atoms with Gasteiger partial charge in [-0.2, -0.15) is 5.10 Å². The van der Waals surface area contributed by atoms with E-state index < -0.39 is 0 Å². The Morgan fingerprint density at radius 1 is 1.19 bits per heavy atom. The van der Waals surface area contributed by atoms with Crippen molar-refractivity contribution in [3.05, 3.63) is 54.0 Å². The molecule has 2 aromatic rings. The predicted molar refractivity (Wildman–Crippen MR) is 64.4 cm³/mol. The number of hydrazone groups is 1. The van der Waals surface area contributed by atoms with Crippen molar-refractivity contribution in [2.75, 3.05) is 5.43 Å². The third-order valence-electron chi connectivity index (χ3n) is 1.95. The second-order valence-electron chi connectivity index (χ2n) is 3.29. The van der Waals surface area contributed by atoms with E-state index in [0.29, 0.717) is 5.82 Å². The molecule has 0 atom stereocenters. The van der Waals surface area contributed by atoms with Gasteiger partial charge in [0.1, 0.15) is 5.82 Å². The van der Waals surface area contributed by atoms with Gasteiger partial charge in [-0.05, 0) is 31.2 Å². The lowest BCUT2D eigenvalue weighted by Gasteiger charge is -1.97. The van der Waals surface area contributed by atoms with E-state index in [1.807, 2.05) is 43.3 Å². The first kappa shape index (κ1) is 10.3. The molecule has 0 aliphatic heterocycles. The molecular weight excluding hydrogens is 200 g/mol. The molecule has 2 heterocycles. The van der Waals surface area contributed by atoms with Gasteiger partial charge in [-0.25, -0.2) is 4.98 Å². The predicted octanol–water partition coefficient (Wildman–Crippen LogP) is 2.23. The van der Waals surface area contributed by atoms with Gasteiger partial charge in [-0.1, -0.05) is 12.1 Å². The van der Waals surface area contributed by atoms with Crippen molar-refractivity contribution >= 4 is 12.0 Å². The summed E-state index contributed by atoms with van der Waals surface area (Å²) in [6.45, 7) is 1.95. The Labute approximate surface area is 94.1 Å². The van der Waals surface area contributed by atoms with Gasteiger partial charge in [0.25, 0.3) is 0 Å². The van der Waals surface area contributed by atoms with Gasteiger partial charge in [0.15, 0.2) is 0 Å². The Kier molecular flexibility index (Phi) is 3.23. The van der Waals surface area contributed by atoms with Crippen molar-refractivity contribution in [2.24, 2.45) is 5.10 Å². The first-order valence-corrected chi connectivity index (χ1v) is 4.98. The van der Waals surface area contributed by atoms with Gasteiger partial charge in [0, 0.05) is 11.9 Å². The van der Waals surface area contributed by atoms with E-state index in [1.165, 1.54) is 0 Å². The Morgan fingerprint density at radius 3 is 2.88 bits per heavy atom. The van der Waals surface area contributed by atoms with Crippen LogP contribution in [-0.4, -0.2) is 16.2 Å². The topological polar surface area (TPSA) is 50.2 Å². The van der Waals surface area contributed by atoms with Gasteiger partial charge < -0.3 is 0 Å². The van der Waals surface area contributed by atoms with Crippen LogP contribution in [-0.2, 0) is 0 Å². The minimum Gasteiger partial charge on any atom is -0.261 e. The summed E-state index contributed by atoms with van der Waals surface area (Å²) in [4.78, 5) is 8.38. The molecule has 0 unspecified atom stereocenters. The SMILES string of the molecule is Cc1cccc(C=NNc2ccccn2)n1. The molecule has 16 heavy (non-hydrogen) atoms. The summed E-state index contributed by atoms with van der Waals surface area (Å²) in [6, 6.07) is 11.4. The zero-order valence-corrected chi connectivity index (χ0v) is 8.96.